The van der Waals surface area contributed by atoms with Crippen LogP contribution in [0.3, 0.4) is 0 Å². The third-order valence-electron chi connectivity index (χ3n) is 3.43. The summed E-state index contributed by atoms with van der Waals surface area (Å²) in [6.45, 7) is 9.17. The van der Waals surface area contributed by atoms with E-state index in [0.29, 0.717) is 0 Å². The van der Waals surface area contributed by atoms with Crippen molar-refractivity contribution in [1.29, 1.82) is 0 Å². The fourth-order valence-corrected chi connectivity index (χ4v) is 2.11. The summed E-state index contributed by atoms with van der Waals surface area (Å²) in [5.74, 6) is 5.62. The maximum Gasteiger partial charge on any atom is 0.0823 e. The predicted octanol–water partition coefficient (Wildman–Crippen LogP) is 2.13. The highest BCUT2D eigenvalue weighted by Gasteiger charge is 2.36. The Morgan fingerprint density at radius 2 is 2.33 bits per heavy atom. The van der Waals surface area contributed by atoms with Crippen LogP contribution in [0.4, 0.5) is 0 Å². The molecule has 1 aliphatic rings. The molecule has 2 unspecified atom stereocenters. The highest BCUT2D eigenvalue weighted by molar-refractivity contribution is 5.02. The molecule has 3 N–H and O–H groups in total. The lowest BCUT2D eigenvalue weighted by atomic mass is 9.85. The molecule has 0 aromatic rings. The van der Waals surface area contributed by atoms with Gasteiger partial charge in [0.15, 0.2) is 0 Å². The van der Waals surface area contributed by atoms with Gasteiger partial charge in [0.2, 0.25) is 0 Å². The summed E-state index contributed by atoms with van der Waals surface area (Å²) in [7, 11) is 0. The van der Waals surface area contributed by atoms with Crippen LogP contribution in [0.1, 0.15) is 46.0 Å². The molecule has 0 aromatic heterocycles. The summed E-state index contributed by atoms with van der Waals surface area (Å²) in [4.78, 5) is 0. The van der Waals surface area contributed by atoms with Gasteiger partial charge in [0, 0.05) is 6.61 Å². The molecule has 3 nitrogen and oxygen atoms in total. The van der Waals surface area contributed by atoms with Gasteiger partial charge in [0.05, 0.1) is 11.6 Å². The second kappa shape index (κ2) is 5.64. The Bertz CT molecular complexity index is 210. The zero-order valence-corrected chi connectivity index (χ0v) is 10.0. The van der Waals surface area contributed by atoms with E-state index >= 15 is 0 Å². The SMILES string of the molecule is C=C(CC)CC(NN)C1(C)CCCCO1. The normalized spacial score (nSPS) is 28.7. The zero-order valence-electron chi connectivity index (χ0n) is 10.0. The van der Waals surface area contributed by atoms with Crippen molar-refractivity contribution in [3.05, 3.63) is 12.2 Å². The van der Waals surface area contributed by atoms with Crippen molar-refractivity contribution in [2.75, 3.05) is 6.61 Å². The number of nitrogens with one attached hydrogen (secondary N) is 1. The van der Waals surface area contributed by atoms with Crippen LogP contribution < -0.4 is 11.3 Å². The van der Waals surface area contributed by atoms with E-state index in [4.69, 9.17) is 10.6 Å². The first-order valence-electron chi connectivity index (χ1n) is 5.89. The summed E-state index contributed by atoms with van der Waals surface area (Å²) < 4.78 is 5.88. The van der Waals surface area contributed by atoms with Crippen LogP contribution in [0, 0.1) is 0 Å². The minimum absolute atomic E-state index is 0.120. The molecule has 0 bridgehead atoms. The molecule has 0 aliphatic carbocycles. The van der Waals surface area contributed by atoms with Crippen molar-refractivity contribution >= 4 is 0 Å². The Hall–Kier alpha value is -0.380. The monoisotopic (exact) mass is 212 g/mol. The molecule has 15 heavy (non-hydrogen) atoms. The van der Waals surface area contributed by atoms with E-state index < -0.39 is 0 Å². The predicted molar refractivity (Wildman–Crippen MR) is 63.4 cm³/mol. The van der Waals surface area contributed by atoms with Crippen LogP contribution >= 0.6 is 0 Å². The smallest absolute Gasteiger partial charge is 0.0823 e. The fraction of sp³-hybridized carbons (Fsp3) is 0.833. The Morgan fingerprint density at radius 3 is 2.80 bits per heavy atom. The summed E-state index contributed by atoms with van der Waals surface area (Å²) in [6, 6.07) is 0.185. The molecular weight excluding hydrogens is 188 g/mol. The number of rotatable bonds is 5. The molecular formula is C12H24N2O. The van der Waals surface area contributed by atoms with Gasteiger partial charge >= 0.3 is 0 Å². The third kappa shape index (κ3) is 3.30. The second-order valence-corrected chi connectivity index (χ2v) is 4.65. The minimum Gasteiger partial charge on any atom is -0.374 e. The van der Waals surface area contributed by atoms with E-state index in [1.807, 2.05) is 0 Å². The average molecular weight is 212 g/mol. The molecule has 1 saturated heterocycles. The van der Waals surface area contributed by atoms with Crippen molar-refractivity contribution in [3.8, 4) is 0 Å². The molecule has 2 atom stereocenters. The number of hydrogen-bond donors (Lipinski definition) is 2. The van der Waals surface area contributed by atoms with Crippen LogP contribution in [0.5, 0.6) is 0 Å². The van der Waals surface area contributed by atoms with Gasteiger partial charge in [-0.3, -0.25) is 11.3 Å². The van der Waals surface area contributed by atoms with Crippen LogP contribution in [0.25, 0.3) is 0 Å². The molecule has 1 aliphatic heterocycles. The largest absolute Gasteiger partial charge is 0.374 e. The van der Waals surface area contributed by atoms with Gasteiger partial charge in [-0.15, -0.1) is 0 Å². The van der Waals surface area contributed by atoms with Gasteiger partial charge < -0.3 is 4.74 Å². The third-order valence-corrected chi connectivity index (χ3v) is 3.43. The van der Waals surface area contributed by atoms with Crippen molar-refractivity contribution in [2.45, 2.75) is 57.6 Å². The van der Waals surface area contributed by atoms with E-state index in [1.165, 1.54) is 18.4 Å². The van der Waals surface area contributed by atoms with E-state index in [2.05, 4.69) is 25.9 Å². The van der Waals surface area contributed by atoms with Crippen LogP contribution in [-0.2, 0) is 4.74 Å². The number of nitrogens with two attached hydrogens (primary N) is 1. The van der Waals surface area contributed by atoms with Crippen molar-refractivity contribution in [2.24, 2.45) is 5.84 Å². The number of hydrazine groups is 1. The molecule has 3 heteroatoms. The molecule has 0 amide bonds. The van der Waals surface area contributed by atoms with Crippen molar-refractivity contribution in [3.63, 3.8) is 0 Å². The van der Waals surface area contributed by atoms with Gasteiger partial charge in [-0.05, 0) is 39.0 Å². The first-order chi connectivity index (χ1) is 7.12. The summed E-state index contributed by atoms with van der Waals surface area (Å²) in [6.07, 6.45) is 5.39. The van der Waals surface area contributed by atoms with Gasteiger partial charge in [0.25, 0.3) is 0 Å². The second-order valence-electron chi connectivity index (χ2n) is 4.65. The van der Waals surface area contributed by atoms with Gasteiger partial charge in [-0.1, -0.05) is 19.1 Å². The lowest BCUT2D eigenvalue weighted by molar-refractivity contribution is -0.0885. The summed E-state index contributed by atoms with van der Waals surface area (Å²) in [5, 5.41) is 0. The average Bonchev–Trinajstić information content (AvgIpc) is 2.26. The van der Waals surface area contributed by atoms with Crippen molar-refractivity contribution < 1.29 is 4.74 Å². The Labute approximate surface area is 93.0 Å². The van der Waals surface area contributed by atoms with Gasteiger partial charge in [-0.25, -0.2) is 0 Å². The topological polar surface area (TPSA) is 47.3 Å². The highest BCUT2D eigenvalue weighted by Crippen LogP contribution is 2.30. The molecule has 88 valence electrons. The van der Waals surface area contributed by atoms with Gasteiger partial charge in [-0.2, -0.15) is 0 Å². The summed E-state index contributed by atoms with van der Waals surface area (Å²) in [5.41, 5.74) is 4.00. The molecule has 1 heterocycles. The molecule has 1 fully saturated rings. The van der Waals surface area contributed by atoms with E-state index in [9.17, 15) is 0 Å². The minimum atomic E-state index is -0.120. The Balaban J connectivity index is 2.58. The van der Waals surface area contributed by atoms with Crippen LogP contribution in [0.2, 0.25) is 0 Å². The fourth-order valence-electron chi connectivity index (χ4n) is 2.11. The van der Waals surface area contributed by atoms with Crippen LogP contribution in [0.15, 0.2) is 12.2 Å². The maximum absolute atomic E-state index is 5.88. The first kappa shape index (κ1) is 12.7. The summed E-state index contributed by atoms with van der Waals surface area (Å²) >= 11 is 0. The quantitative estimate of drug-likeness (QED) is 0.417. The van der Waals surface area contributed by atoms with E-state index in [0.717, 1.165) is 25.9 Å². The number of hydrogen-bond acceptors (Lipinski definition) is 3. The molecule has 1 rings (SSSR count). The van der Waals surface area contributed by atoms with Crippen molar-refractivity contribution in [1.82, 2.24) is 5.43 Å². The van der Waals surface area contributed by atoms with Gasteiger partial charge in [0.1, 0.15) is 0 Å². The molecule has 0 saturated carbocycles. The lowest BCUT2D eigenvalue weighted by Gasteiger charge is -2.40. The molecule has 0 aromatic carbocycles. The number of ether oxygens (including phenoxy) is 1. The molecule has 0 radical (unpaired) electrons. The lowest BCUT2D eigenvalue weighted by Crippen LogP contribution is -2.54. The highest BCUT2D eigenvalue weighted by atomic mass is 16.5. The molecule has 0 spiro atoms. The van der Waals surface area contributed by atoms with E-state index in [1.54, 1.807) is 0 Å². The zero-order chi connectivity index (χ0) is 11.3. The van der Waals surface area contributed by atoms with Crippen LogP contribution in [-0.4, -0.2) is 18.2 Å². The van der Waals surface area contributed by atoms with E-state index in [-0.39, 0.29) is 11.6 Å². The Morgan fingerprint density at radius 1 is 1.60 bits per heavy atom. The standard InChI is InChI=1S/C12H24N2O/c1-4-10(2)9-11(14-13)12(3)7-5-6-8-15-12/h11,14H,2,4-9,13H2,1,3H3. The Kier molecular flexibility index (Phi) is 4.77. The first-order valence-corrected chi connectivity index (χ1v) is 5.89. The maximum atomic E-state index is 5.88.